The first-order valence-electron chi connectivity index (χ1n) is 37.2. The van der Waals surface area contributed by atoms with E-state index in [2.05, 4.69) is 32.9 Å². The van der Waals surface area contributed by atoms with E-state index in [1.54, 1.807) is 0 Å². The maximum atomic E-state index is 13.0. The molecule has 0 fully saturated rings. The Balaban J connectivity index is 4.18. The van der Waals surface area contributed by atoms with Gasteiger partial charge in [0, 0.05) is 19.3 Å². The molecule has 1 unspecified atom stereocenters. The number of carbonyl (C=O) groups excluding carboxylic acids is 3. The first-order valence-corrected chi connectivity index (χ1v) is 37.2. The molecule has 6 heteroatoms. The molecule has 1 atom stereocenters. The number of rotatable bonds is 70. The van der Waals surface area contributed by atoms with E-state index in [4.69, 9.17) is 14.2 Å². The third-order valence-corrected chi connectivity index (χ3v) is 17.3. The summed E-state index contributed by atoms with van der Waals surface area (Å²) >= 11 is 0. The lowest BCUT2D eigenvalue weighted by Crippen LogP contribution is -2.30. The van der Waals surface area contributed by atoms with Gasteiger partial charge in [0.25, 0.3) is 0 Å². The predicted octanol–water partition coefficient (Wildman–Crippen LogP) is 25.6. The van der Waals surface area contributed by atoms with E-state index in [0.29, 0.717) is 19.3 Å². The smallest absolute Gasteiger partial charge is 0.306 e. The third-order valence-electron chi connectivity index (χ3n) is 17.3. The molecule has 0 aliphatic carbocycles. The molecule has 81 heavy (non-hydrogen) atoms. The molecule has 0 bridgehead atoms. The van der Waals surface area contributed by atoms with Crippen molar-refractivity contribution in [2.75, 3.05) is 13.2 Å². The summed E-state index contributed by atoms with van der Waals surface area (Å²) in [6, 6.07) is 0. The molecule has 0 aliphatic heterocycles. The van der Waals surface area contributed by atoms with E-state index in [9.17, 15) is 14.4 Å². The maximum absolute atomic E-state index is 13.0. The van der Waals surface area contributed by atoms with Crippen LogP contribution in [-0.2, 0) is 28.6 Å². The van der Waals surface area contributed by atoms with Crippen molar-refractivity contribution in [1.29, 1.82) is 0 Å². The minimum atomic E-state index is -0.765. The van der Waals surface area contributed by atoms with E-state index in [0.717, 1.165) is 57.8 Å². The van der Waals surface area contributed by atoms with Crippen molar-refractivity contribution < 1.29 is 28.6 Å². The highest BCUT2D eigenvalue weighted by Gasteiger charge is 2.20. The summed E-state index contributed by atoms with van der Waals surface area (Å²) in [5.41, 5.74) is 0. The summed E-state index contributed by atoms with van der Waals surface area (Å²) in [5, 5.41) is 0. The predicted molar refractivity (Wildman–Crippen MR) is 353 cm³/mol. The molecule has 0 rings (SSSR count). The molecule has 0 radical (unpaired) electrons. The Morgan fingerprint density at radius 3 is 0.617 bits per heavy atom. The number of esters is 3. The standard InChI is InChI=1S/C75H144O6/c1-4-7-10-13-16-19-22-25-28-30-32-33-34-35-36-37-38-39-40-41-43-44-47-50-53-56-59-62-65-68-74(77)80-71-72(70-79-73(76)67-64-61-58-55-52-49-46-27-24-21-18-15-12-9-6-3)81-75(78)69-66-63-60-57-54-51-48-45-42-31-29-26-23-20-17-14-11-8-5-2/h30,32,72H,4-29,31,33-71H2,1-3H3/b32-30-. The summed E-state index contributed by atoms with van der Waals surface area (Å²) < 4.78 is 17.0. The first kappa shape index (κ1) is 79.2. The monoisotopic (exact) mass is 1140 g/mol. The zero-order valence-corrected chi connectivity index (χ0v) is 55.4. The Kier molecular flexibility index (Phi) is 69.0. The van der Waals surface area contributed by atoms with Gasteiger partial charge < -0.3 is 14.2 Å². The number of hydrogen-bond acceptors (Lipinski definition) is 6. The topological polar surface area (TPSA) is 78.9 Å². The van der Waals surface area contributed by atoms with Crippen molar-refractivity contribution in [1.82, 2.24) is 0 Å². The van der Waals surface area contributed by atoms with Crippen molar-refractivity contribution in [2.24, 2.45) is 0 Å². The van der Waals surface area contributed by atoms with Gasteiger partial charge in [-0.15, -0.1) is 0 Å². The van der Waals surface area contributed by atoms with E-state index >= 15 is 0 Å². The van der Waals surface area contributed by atoms with Gasteiger partial charge in [0.1, 0.15) is 13.2 Å². The number of ether oxygens (including phenoxy) is 3. The van der Waals surface area contributed by atoms with Gasteiger partial charge in [0.2, 0.25) is 0 Å². The van der Waals surface area contributed by atoms with Gasteiger partial charge in [-0.3, -0.25) is 14.4 Å². The van der Waals surface area contributed by atoms with Crippen LogP contribution in [0.15, 0.2) is 12.2 Å². The molecule has 0 spiro atoms. The Morgan fingerprint density at radius 1 is 0.235 bits per heavy atom. The lowest BCUT2D eigenvalue weighted by Gasteiger charge is -2.18. The molecular weight excluding hydrogens is 997 g/mol. The van der Waals surface area contributed by atoms with Crippen LogP contribution in [0, 0.1) is 0 Å². The highest BCUT2D eigenvalue weighted by Crippen LogP contribution is 2.19. The summed E-state index contributed by atoms with van der Waals surface area (Å²) in [4.78, 5) is 38.5. The van der Waals surface area contributed by atoms with Crippen LogP contribution < -0.4 is 0 Å². The fourth-order valence-corrected chi connectivity index (χ4v) is 11.7. The molecule has 0 saturated heterocycles. The molecule has 0 aromatic heterocycles. The second-order valence-electron chi connectivity index (χ2n) is 25.6. The van der Waals surface area contributed by atoms with Crippen LogP contribution in [0.3, 0.4) is 0 Å². The molecule has 480 valence electrons. The SMILES string of the molecule is CCCCCCCCCC/C=C\CCCCCCCCCCCCCCCCCCCC(=O)OCC(COC(=O)CCCCCCCCCCCCCCCCC)OC(=O)CCCCCCCCCCCCCCCCCCCCC. The summed E-state index contributed by atoms with van der Waals surface area (Å²) in [7, 11) is 0. The van der Waals surface area contributed by atoms with E-state index in [1.807, 2.05) is 0 Å². The van der Waals surface area contributed by atoms with Gasteiger partial charge in [-0.05, 0) is 44.9 Å². The van der Waals surface area contributed by atoms with Crippen molar-refractivity contribution in [2.45, 2.75) is 438 Å². The minimum Gasteiger partial charge on any atom is -0.462 e. The largest absolute Gasteiger partial charge is 0.462 e. The number of unbranched alkanes of at least 4 members (excludes halogenated alkanes) is 57. The van der Waals surface area contributed by atoms with E-state index in [1.165, 1.54) is 334 Å². The third kappa shape index (κ3) is 68.8. The van der Waals surface area contributed by atoms with Crippen LogP contribution in [-0.4, -0.2) is 37.2 Å². The Bertz CT molecular complexity index is 1260. The van der Waals surface area contributed by atoms with Crippen LogP contribution in [0.25, 0.3) is 0 Å². The van der Waals surface area contributed by atoms with Crippen molar-refractivity contribution in [3.63, 3.8) is 0 Å². The van der Waals surface area contributed by atoms with Gasteiger partial charge in [-0.2, -0.15) is 0 Å². The number of allylic oxidation sites excluding steroid dienone is 2. The average Bonchev–Trinajstić information content (AvgIpc) is 3.47. The molecule has 0 aromatic rings. The summed E-state index contributed by atoms with van der Waals surface area (Å²) in [5.74, 6) is -0.821. The zero-order valence-electron chi connectivity index (χ0n) is 55.4. The minimum absolute atomic E-state index is 0.0617. The lowest BCUT2D eigenvalue weighted by molar-refractivity contribution is -0.167. The fraction of sp³-hybridized carbons (Fsp3) is 0.933. The number of hydrogen-bond donors (Lipinski definition) is 0. The molecular formula is C75H144O6. The fourth-order valence-electron chi connectivity index (χ4n) is 11.7. The van der Waals surface area contributed by atoms with Gasteiger partial charge >= 0.3 is 17.9 Å². The van der Waals surface area contributed by atoms with E-state index in [-0.39, 0.29) is 31.1 Å². The van der Waals surface area contributed by atoms with Crippen molar-refractivity contribution in [3.8, 4) is 0 Å². The van der Waals surface area contributed by atoms with E-state index < -0.39 is 6.10 Å². The van der Waals surface area contributed by atoms with Gasteiger partial charge in [-0.1, -0.05) is 380 Å². The van der Waals surface area contributed by atoms with Crippen LogP contribution >= 0.6 is 0 Å². The van der Waals surface area contributed by atoms with Crippen molar-refractivity contribution >= 4 is 17.9 Å². The quantitative estimate of drug-likeness (QED) is 0.0261. The highest BCUT2D eigenvalue weighted by molar-refractivity contribution is 5.71. The van der Waals surface area contributed by atoms with Gasteiger partial charge in [0.15, 0.2) is 6.10 Å². The molecule has 6 nitrogen and oxygen atoms in total. The maximum Gasteiger partial charge on any atom is 0.306 e. The Hall–Kier alpha value is -1.85. The Morgan fingerprint density at radius 2 is 0.407 bits per heavy atom. The van der Waals surface area contributed by atoms with Crippen LogP contribution in [0.2, 0.25) is 0 Å². The van der Waals surface area contributed by atoms with Crippen LogP contribution in [0.4, 0.5) is 0 Å². The first-order chi connectivity index (χ1) is 40.0. The van der Waals surface area contributed by atoms with Crippen LogP contribution in [0.5, 0.6) is 0 Å². The molecule has 0 saturated carbocycles. The molecule has 0 aromatic carbocycles. The lowest BCUT2D eigenvalue weighted by atomic mass is 10.0. The number of carbonyl (C=O) groups is 3. The second-order valence-corrected chi connectivity index (χ2v) is 25.6. The van der Waals surface area contributed by atoms with Crippen molar-refractivity contribution in [3.05, 3.63) is 12.2 Å². The molecule has 0 aliphatic rings. The highest BCUT2D eigenvalue weighted by atomic mass is 16.6. The molecule has 0 amide bonds. The molecule has 0 heterocycles. The second kappa shape index (κ2) is 70.6. The zero-order chi connectivity index (χ0) is 58.5. The molecule has 0 N–H and O–H groups in total. The average molecular weight is 1140 g/mol. The normalized spacial score (nSPS) is 12.0. The van der Waals surface area contributed by atoms with Gasteiger partial charge in [0.05, 0.1) is 0 Å². The van der Waals surface area contributed by atoms with Gasteiger partial charge in [-0.25, -0.2) is 0 Å². The summed E-state index contributed by atoms with van der Waals surface area (Å²) in [6.45, 7) is 6.74. The summed E-state index contributed by atoms with van der Waals surface area (Å²) in [6.07, 6.45) is 85.4. The Labute approximate surface area is 507 Å². The van der Waals surface area contributed by atoms with Crippen LogP contribution in [0.1, 0.15) is 432 Å².